The van der Waals surface area contributed by atoms with Gasteiger partial charge in [-0.2, -0.15) is 0 Å². The van der Waals surface area contributed by atoms with E-state index >= 15 is 0 Å². The van der Waals surface area contributed by atoms with Gasteiger partial charge in [-0.25, -0.2) is 14.2 Å². The molecule has 1 heterocycles. The van der Waals surface area contributed by atoms with Crippen molar-refractivity contribution in [3.05, 3.63) is 42.1 Å². The second-order valence-electron chi connectivity index (χ2n) is 6.46. The van der Waals surface area contributed by atoms with Crippen LogP contribution in [0.25, 0.3) is 11.3 Å². The van der Waals surface area contributed by atoms with Gasteiger partial charge in [0.2, 0.25) is 0 Å². The monoisotopic (exact) mass is 348 g/mol. The van der Waals surface area contributed by atoms with Crippen molar-refractivity contribution in [2.24, 2.45) is 0 Å². The molecule has 134 valence electrons. The van der Waals surface area contributed by atoms with Crippen LogP contribution >= 0.6 is 0 Å². The van der Waals surface area contributed by atoms with E-state index in [0.717, 1.165) is 12.8 Å². The zero-order valence-corrected chi connectivity index (χ0v) is 14.0. The molecule has 1 aromatic heterocycles. The fourth-order valence-electron chi connectivity index (χ4n) is 3.70. The van der Waals surface area contributed by atoms with E-state index in [1.165, 1.54) is 31.6 Å². The maximum absolute atomic E-state index is 13.7. The molecule has 0 amide bonds. The molecule has 6 nitrogen and oxygen atoms in total. The SMILES string of the molecule is COC[C@]1(O)CCCC[C@H]1n1cnc(C(=O)O)c1-c1cccc(F)c1. The lowest BCUT2D eigenvalue weighted by atomic mass is 9.80. The molecule has 0 bridgehead atoms. The molecule has 2 N–H and O–H groups in total. The van der Waals surface area contributed by atoms with E-state index in [9.17, 15) is 19.4 Å². The molecule has 0 saturated heterocycles. The zero-order valence-electron chi connectivity index (χ0n) is 14.0. The maximum Gasteiger partial charge on any atom is 0.356 e. The molecule has 0 unspecified atom stereocenters. The standard InChI is InChI=1S/C18H21FN2O4/c1-25-10-18(24)8-3-2-7-14(18)21-11-20-15(17(22)23)16(21)12-5-4-6-13(19)9-12/h4-6,9,11,14,24H,2-3,7-8,10H2,1H3,(H,22,23)/t14-,18-/m1/s1. The summed E-state index contributed by atoms with van der Waals surface area (Å²) in [5.74, 6) is -1.65. The summed E-state index contributed by atoms with van der Waals surface area (Å²) in [6.45, 7) is 0.140. The first-order chi connectivity index (χ1) is 12.0. The molecule has 1 fully saturated rings. The summed E-state index contributed by atoms with van der Waals surface area (Å²) in [6.07, 6.45) is 4.40. The number of methoxy groups -OCH3 is 1. The van der Waals surface area contributed by atoms with Gasteiger partial charge in [-0.15, -0.1) is 0 Å². The molecule has 0 aliphatic heterocycles. The molecule has 25 heavy (non-hydrogen) atoms. The van der Waals surface area contributed by atoms with Crippen molar-refractivity contribution in [1.29, 1.82) is 0 Å². The molecule has 2 atom stereocenters. The van der Waals surface area contributed by atoms with Crippen LogP contribution in [0.2, 0.25) is 0 Å². The number of carbonyl (C=O) groups is 1. The first-order valence-electron chi connectivity index (χ1n) is 8.23. The number of ether oxygens (including phenoxy) is 1. The normalized spacial score (nSPS) is 23.6. The summed E-state index contributed by atoms with van der Waals surface area (Å²) in [7, 11) is 1.52. The summed E-state index contributed by atoms with van der Waals surface area (Å²) < 4.78 is 20.6. The second-order valence-corrected chi connectivity index (χ2v) is 6.46. The summed E-state index contributed by atoms with van der Waals surface area (Å²) in [4.78, 5) is 15.6. The van der Waals surface area contributed by atoms with E-state index < -0.39 is 17.4 Å². The molecule has 0 radical (unpaired) electrons. The van der Waals surface area contributed by atoms with Crippen molar-refractivity contribution in [3.63, 3.8) is 0 Å². The summed E-state index contributed by atoms with van der Waals surface area (Å²) in [6, 6.07) is 5.35. The molecule has 1 saturated carbocycles. The molecule has 2 aromatic rings. The highest BCUT2D eigenvalue weighted by atomic mass is 19.1. The lowest BCUT2D eigenvalue weighted by molar-refractivity contribution is -0.0893. The van der Waals surface area contributed by atoms with Gasteiger partial charge in [0.05, 0.1) is 24.7 Å². The van der Waals surface area contributed by atoms with Crippen LogP contribution in [0.3, 0.4) is 0 Å². The lowest BCUT2D eigenvalue weighted by Gasteiger charge is -2.40. The third-order valence-corrected chi connectivity index (χ3v) is 4.78. The van der Waals surface area contributed by atoms with Gasteiger partial charge in [0.25, 0.3) is 0 Å². The van der Waals surface area contributed by atoms with Gasteiger partial charge >= 0.3 is 5.97 Å². The van der Waals surface area contributed by atoms with Crippen LogP contribution in [0.4, 0.5) is 4.39 Å². The smallest absolute Gasteiger partial charge is 0.356 e. The minimum absolute atomic E-state index is 0.140. The Hall–Kier alpha value is -2.25. The van der Waals surface area contributed by atoms with E-state index in [1.807, 2.05) is 0 Å². The van der Waals surface area contributed by atoms with Gasteiger partial charge in [-0.3, -0.25) is 0 Å². The topological polar surface area (TPSA) is 84.6 Å². The number of nitrogens with zero attached hydrogens (tertiary/aromatic N) is 2. The predicted molar refractivity (Wildman–Crippen MR) is 88.9 cm³/mol. The van der Waals surface area contributed by atoms with Crippen molar-refractivity contribution in [3.8, 4) is 11.3 Å². The number of carboxylic acid groups (broad SMARTS) is 1. The largest absolute Gasteiger partial charge is 0.476 e. The average molecular weight is 348 g/mol. The molecular weight excluding hydrogens is 327 g/mol. The summed E-state index contributed by atoms with van der Waals surface area (Å²) in [5.41, 5.74) is -0.560. The van der Waals surface area contributed by atoms with E-state index in [2.05, 4.69) is 4.98 Å². The molecule has 1 aromatic carbocycles. The minimum atomic E-state index is -1.19. The van der Waals surface area contributed by atoms with E-state index in [0.29, 0.717) is 24.1 Å². The van der Waals surface area contributed by atoms with Crippen LogP contribution in [0.1, 0.15) is 42.2 Å². The highest BCUT2D eigenvalue weighted by Crippen LogP contribution is 2.40. The molecule has 0 spiro atoms. The maximum atomic E-state index is 13.7. The Balaban J connectivity index is 2.14. The Labute approximate surface area is 144 Å². The van der Waals surface area contributed by atoms with Gasteiger partial charge in [0.15, 0.2) is 5.69 Å². The number of halogens is 1. The first kappa shape index (κ1) is 17.6. The Kier molecular flexibility index (Phi) is 4.87. The number of hydrogen-bond donors (Lipinski definition) is 2. The quantitative estimate of drug-likeness (QED) is 0.868. The molecular formula is C18H21FN2O4. The second kappa shape index (κ2) is 6.93. The Bertz CT molecular complexity index is 772. The number of hydrogen-bond acceptors (Lipinski definition) is 4. The van der Waals surface area contributed by atoms with Gasteiger partial charge in [-0.05, 0) is 25.0 Å². The number of aromatic nitrogens is 2. The number of benzene rings is 1. The molecule has 3 rings (SSSR count). The molecule has 1 aliphatic carbocycles. The van der Waals surface area contributed by atoms with E-state index in [-0.39, 0.29) is 18.3 Å². The van der Waals surface area contributed by atoms with Crippen molar-refractivity contribution < 1.29 is 24.1 Å². The third kappa shape index (κ3) is 3.29. The number of imidazole rings is 1. The average Bonchev–Trinajstić information content (AvgIpc) is 3.00. The highest BCUT2D eigenvalue weighted by molar-refractivity contribution is 5.93. The van der Waals surface area contributed by atoms with E-state index in [4.69, 9.17) is 4.74 Å². The van der Waals surface area contributed by atoms with Crippen molar-refractivity contribution in [2.45, 2.75) is 37.3 Å². The summed E-state index contributed by atoms with van der Waals surface area (Å²) in [5, 5.41) is 20.5. The molecule has 1 aliphatic rings. The van der Waals surface area contributed by atoms with Crippen LogP contribution in [-0.4, -0.2) is 45.1 Å². The van der Waals surface area contributed by atoms with Crippen molar-refractivity contribution in [2.75, 3.05) is 13.7 Å². The lowest BCUT2D eigenvalue weighted by Crippen LogP contribution is -2.45. The minimum Gasteiger partial charge on any atom is -0.476 e. The summed E-state index contributed by atoms with van der Waals surface area (Å²) >= 11 is 0. The number of aromatic carboxylic acids is 1. The number of rotatable bonds is 5. The molecule has 7 heteroatoms. The predicted octanol–water partition coefficient (Wildman–Crippen LogP) is 2.88. The van der Waals surface area contributed by atoms with Crippen LogP contribution in [0, 0.1) is 5.82 Å². The zero-order chi connectivity index (χ0) is 18.0. The fraction of sp³-hybridized carbons (Fsp3) is 0.444. The van der Waals surface area contributed by atoms with Crippen LogP contribution in [0.5, 0.6) is 0 Å². The van der Waals surface area contributed by atoms with Crippen molar-refractivity contribution >= 4 is 5.97 Å². The van der Waals surface area contributed by atoms with Gasteiger partial charge in [-0.1, -0.05) is 25.0 Å². The third-order valence-electron chi connectivity index (χ3n) is 4.78. The van der Waals surface area contributed by atoms with Crippen LogP contribution in [-0.2, 0) is 4.74 Å². The van der Waals surface area contributed by atoms with Crippen LogP contribution in [0.15, 0.2) is 30.6 Å². The van der Waals surface area contributed by atoms with E-state index in [1.54, 1.807) is 10.6 Å². The number of carboxylic acids is 1. The highest BCUT2D eigenvalue weighted by Gasteiger charge is 2.41. The van der Waals surface area contributed by atoms with Crippen LogP contribution < -0.4 is 0 Å². The van der Waals surface area contributed by atoms with Crippen molar-refractivity contribution in [1.82, 2.24) is 9.55 Å². The number of aliphatic hydroxyl groups is 1. The Morgan fingerprint density at radius 2 is 2.28 bits per heavy atom. The van der Waals surface area contributed by atoms with Gasteiger partial charge < -0.3 is 19.5 Å². The fourth-order valence-corrected chi connectivity index (χ4v) is 3.70. The van der Waals surface area contributed by atoms with Gasteiger partial charge in [0.1, 0.15) is 11.4 Å². The Morgan fingerprint density at radius 3 is 2.96 bits per heavy atom. The van der Waals surface area contributed by atoms with Gasteiger partial charge in [0, 0.05) is 12.7 Å². The Morgan fingerprint density at radius 1 is 1.48 bits per heavy atom. The first-order valence-corrected chi connectivity index (χ1v) is 8.23.